The van der Waals surface area contributed by atoms with Crippen molar-refractivity contribution in [3.8, 4) is 23.0 Å². The average Bonchev–Trinajstić information content (AvgIpc) is 2.72. The number of methoxy groups -OCH3 is 3. The molecule has 3 rings (SSSR count). The molecule has 0 unspecified atom stereocenters. The molecule has 1 aliphatic carbocycles. The van der Waals surface area contributed by atoms with Crippen molar-refractivity contribution in [2.45, 2.75) is 18.8 Å². The van der Waals surface area contributed by atoms with E-state index in [9.17, 15) is 5.11 Å². The van der Waals surface area contributed by atoms with E-state index in [1.54, 1.807) is 27.4 Å². The maximum atomic E-state index is 9.75. The van der Waals surface area contributed by atoms with Gasteiger partial charge in [-0.05, 0) is 54.2 Å². The molecule has 0 heterocycles. The minimum absolute atomic E-state index is 0.151. The van der Waals surface area contributed by atoms with E-state index in [-0.39, 0.29) is 11.7 Å². The molecule has 0 saturated heterocycles. The van der Waals surface area contributed by atoms with Crippen molar-refractivity contribution in [2.75, 3.05) is 21.3 Å². The minimum Gasteiger partial charge on any atom is -0.504 e. The maximum absolute atomic E-state index is 9.75. The third-order valence-corrected chi connectivity index (χ3v) is 5.00. The second kappa shape index (κ2) is 8.67. The van der Waals surface area contributed by atoms with Crippen LogP contribution in [0.3, 0.4) is 0 Å². The molecule has 0 amide bonds. The Labute approximate surface area is 160 Å². The number of aromatic hydroxyl groups is 1. The van der Waals surface area contributed by atoms with E-state index in [0.29, 0.717) is 11.7 Å². The molecule has 4 heteroatoms. The van der Waals surface area contributed by atoms with Crippen LogP contribution in [0.1, 0.15) is 29.9 Å². The predicted octanol–water partition coefficient (Wildman–Crippen LogP) is 5.18. The molecule has 0 bridgehead atoms. The van der Waals surface area contributed by atoms with Gasteiger partial charge in [-0.2, -0.15) is 0 Å². The molecule has 2 aromatic carbocycles. The predicted molar refractivity (Wildman–Crippen MR) is 108 cm³/mol. The Bertz CT molecular complexity index is 838. The zero-order valence-corrected chi connectivity index (χ0v) is 16.0. The third kappa shape index (κ3) is 4.27. The Morgan fingerprint density at radius 3 is 2.44 bits per heavy atom. The molecule has 2 aromatic rings. The summed E-state index contributed by atoms with van der Waals surface area (Å²) in [4.78, 5) is 0. The number of allylic oxidation sites excluding steroid dienone is 3. The molecular formula is C23H26O4. The van der Waals surface area contributed by atoms with Gasteiger partial charge in [0.25, 0.3) is 0 Å². The number of benzene rings is 2. The topological polar surface area (TPSA) is 47.9 Å². The molecule has 1 N–H and O–H groups in total. The lowest BCUT2D eigenvalue weighted by atomic mass is 9.79. The van der Waals surface area contributed by atoms with Crippen LogP contribution in [0.2, 0.25) is 0 Å². The summed E-state index contributed by atoms with van der Waals surface area (Å²) in [5.41, 5.74) is 2.21. The first-order valence-electron chi connectivity index (χ1n) is 9.10. The highest BCUT2D eigenvalue weighted by Crippen LogP contribution is 2.38. The van der Waals surface area contributed by atoms with Crippen molar-refractivity contribution in [3.05, 3.63) is 65.8 Å². The number of ether oxygens (including phenoxy) is 3. The molecule has 0 aromatic heterocycles. The highest BCUT2D eigenvalue weighted by atomic mass is 16.5. The number of phenolic OH excluding ortho intramolecular Hbond substituents is 1. The molecule has 0 radical (unpaired) electrons. The van der Waals surface area contributed by atoms with Crippen LogP contribution in [0, 0.1) is 5.92 Å². The first-order valence-corrected chi connectivity index (χ1v) is 9.10. The fraction of sp³-hybridized carbons (Fsp3) is 0.304. The van der Waals surface area contributed by atoms with Crippen LogP contribution in [-0.4, -0.2) is 26.4 Å². The van der Waals surface area contributed by atoms with E-state index in [1.165, 1.54) is 5.56 Å². The second-order valence-electron chi connectivity index (χ2n) is 6.60. The van der Waals surface area contributed by atoms with Crippen LogP contribution in [0.15, 0.2) is 54.6 Å². The molecule has 142 valence electrons. The van der Waals surface area contributed by atoms with E-state index in [4.69, 9.17) is 14.2 Å². The van der Waals surface area contributed by atoms with Gasteiger partial charge >= 0.3 is 0 Å². The highest BCUT2D eigenvalue weighted by Gasteiger charge is 2.22. The summed E-state index contributed by atoms with van der Waals surface area (Å²) < 4.78 is 16.0. The largest absolute Gasteiger partial charge is 0.504 e. The van der Waals surface area contributed by atoms with Gasteiger partial charge in [-0.15, -0.1) is 0 Å². The second-order valence-corrected chi connectivity index (χ2v) is 6.60. The monoisotopic (exact) mass is 366 g/mol. The Balaban J connectivity index is 1.85. The molecule has 0 saturated carbocycles. The molecule has 0 fully saturated rings. The van der Waals surface area contributed by atoms with E-state index >= 15 is 0 Å². The Kier molecular flexibility index (Phi) is 6.07. The number of hydrogen-bond acceptors (Lipinski definition) is 4. The highest BCUT2D eigenvalue weighted by molar-refractivity contribution is 5.56. The van der Waals surface area contributed by atoms with E-state index in [1.807, 2.05) is 18.2 Å². The fourth-order valence-corrected chi connectivity index (χ4v) is 3.52. The quantitative estimate of drug-likeness (QED) is 0.716. The Hall–Kier alpha value is -2.88. The third-order valence-electron chi connectivity index (χ3n) is 5.00. The van der Waals surface area contributed by atoms with Crippen molar-refractivity contribution in [1.82, 2.24) is 0 Å². The number of phenols is 1. The summed E-state index contributed by atoms with van der Waals surface area (Å²) in [5.74, 6) is 2.79. The van der Waals surface area contributed by atoms with Crippen molar-refractivity contribution in [2.24, 2.45) is 5.92 Å². The smallest absolute Gasteiger partial charge is 0.161 e. The van der Waals surface area contributed by atoms with Crippen molar-refractivity contribution < 1.29 is 19.3 Å². The zero-order valence-electron chi connectivity index (χ0n) is 16.0. The lowest BCUT2D eigenvalue weighted by Crippen LogP contribution is -2.12. The van der Waals surface area contributed by atoms with Crippen LogP contribution >= 0.6 is 0 Å². The lowest BCUT2D eigenvalue weighted by Gasteiger charge is -2.26. The standard InChI is InChI=1S/C23H26O4/c1-25-21-13-11-18(15-23(21)27-3)19-7-5-4-6-17(19)10-8-16-9-12-20(24)22(14-16)26-2/h5,7-15,17,19,24H,4,6H2,1-3H3/b10-8+/t17-,19+/m1/s1. The normalized spacial score (nSPS) is 19.2. The summed E-state index contributed by atoms with van der Waals surface area (Å²) in [6, 6.07) is 11.5. The van der Waals surface area contributed by atoms with Gasteiger partial charge in [0.2, 0.25) is 0 Å². The summed E-state index contributed by atoms with van der Waals surface area (Å²) in [5, 5.41) is 9.75. The molecule has 27 heavy (non-hydrogen) atoms. The first-order chi connectivity index (χ1) is 13.2. The van der Waals surface area contributed by atoms with Gasteiger partial charge in [0.1, 0.15) is 0 Å². The van der Waals surface area contributed by atoms with E-state index < -0.39 is 0 Å². The van der Waals surface area contributed by atoms with E-state index in [0.717, 1.165) is 29.9 Å². The van der Waals surface area contributed by atoms with Gasteiger partial charge in [-0.1, -0.05) is 36.4 Å². The Morgan fingerprint density at radius 2 is 1.70 bits per heavy atom. The number of hydrogen-bond donors (Lipinski definition) is 1. The first kappa shape index (κ1) is 18.9. The Morgan fingerprint density at radius 1 is 0.926 bits per heavy atom. The molecule has 4 nitrogen and oxygen atoms in total. The average molecular weight is 366 g/mol. The van der Waals surface area contributed by atoms with Crippen LogP contribution in [0.5, 0.6) is 23.0 Å². The zero-order chi connectivity index (χ0) is 19.2. The SMILES string of the molecule is COc1cc(/C=C/[C@H]2CCC=C[C@@H]2c2ccc(OC)c(OC)c2)ccc1O. The molecule has 1 aliphatic rings. The summed E-state index contributed by atoms with van der Waals surface area (Å²) in [6.07, 6.45) is 11.0. The van der Waals surface area contributed by atoms with Crippen molar-refractivity contribution >= 4 is 6.08 Å². The van der Waals surface area contributed by atoms with Gasteiger partial charge < -0.3 is 19.3 Å². The van der Waals surface area contributed by atoms with Crippen LogP contribution in [0.4, 0.5) is 0 Å². The van der Waals surface area contributed by atoms with Gasteiger partial charge in [0.15, 0.2) is 23.0 Å². The lowest BCUT2D eigenvalue weighted by molar-refractivity contribution is 0.354. The van der Waals surface area contributed by atoms with Crippen LogP contribution < -0.4 is 14.2 Å². The van der Waals surface area contributed by atoms with Crippen LogP contribution in [-0.2, 0) is 0 Å². The van der Waals surface area contributed by atoms with Gasteiger partial charge in [-0.25, -0.2) is 0 Å². The summed E-state index contributed by atoms with van der Waals surface area (Å²) >= 11 is 0. The summed E-state index contributed by atoms with van der Waals surface area (Å²) in [7, 11) is 4.87. The molecule has 2 atom stereocenters. The molecule has 0 spiro atoms. The van der Waals surface area contributed by atoms with E-state index in [2.05, 4.69) is 36.4 Å². The van der Waals surface area contributed by atoms with Gasteiger partial charge in [-0.3, -0.25) is 0 Å². The molecular weight excluding hydrogens is 340 g/mol. The van der Waals surface area contributed by atoms with Crippen LogP contribution in [0.25, 0.3) is 6.08 Å². The number of rotatable bonds is 6. The van der Waals surface area contributed by atoms with Gasteiger partial charge in [0, 0.05) is 5.92 Å². The van der Waals surface area contributed by atoms with Crippen molar-refractivity contribution in [1.29, 1.82) is 0 Å². The summed E-state index contributed by atoms with van der Waals surface area (Å²) in [6.45, 7) is 0. The van der Waals surface area contributed by atoms with Crippen molar-refractivity contribution in [3.63, 3.8) is 0 Å². The maximum Gasteiger partial charge on any atom is 0.161 e. The van der Waals surface area contributed by atoms with Gasteiger partial charge in [0.05, 0.1) is 21.3 Å². The fourth-order valence-electron chi connectivity index (χ4n) is 3.52. The minimum atomic E-state index is 0.151. The molecule has 0 aliphatic heterocycles.